The Morgan fingerprint density at radius 3 is 2.65 bits per heavy atom. The number of rotatable bonds is 9. The zero-order chi connectivity index (χ0) is 12.3. The number of methoxy groups -OCH3 is 1. The fourth-order valence-corrected chi connectivity index (χ4v) is 1.37. The molecule has 0 atom stereocenters. The lowest BCUT2D eigenvalue weighted by molar-refractivity contribution is 0.199. The van der Waals surface area contributed by atoms with Crippen LogP contribution in [0.4, 0.5) is 0 Å². The van der Waals surface area contributed by atoms with Crippen molar-refractivity contribution < 1.29 is 9.47 Å². The molecular formula is C14H21NO2. The first kappa shape index (κ1) is 13.7. The van der Waals surface area contributed by atoms with Gasteiger partial charge in [-0.3, -0.25) is 0 Å². The zero-order valence-corrected chi connectivity index (χ0v) is 10.4. The second-order valence-corrected chi connectivity index (χ2v) is 3.74. The van der Waals surface area contributed by atoms with E-state index in [0.29, 0.717) is 6.61 Å². The summed E-state index contributed by atoms with van der Waals surface area (Å²) in [5.41, 5.74) is 1.25. The van der Waals surface area contributed by atoms with Gasteiger partial charge in [-0.15, -0.1) is 6.58 Å². The van der Waals surface area contributed by atoms with E-state index in [4.69, 9.17) is 9.47 Å². The highest BCUT2D eigenvalue weighted by atomic mass is 16.5. The Kier molecular flexibility index (Phi) is 7.11. The second kappa shape index (κ2) is 8.79. The van der Waals surface area contributed by atoms with Crippen LogP contribution in [0.5, 0.6) is 5.75 Å². The van der Waals surface area contributed by atoms with Crippen LogP contribution < -0.4 is 10.1 Å². The van der Waals surface area contributed by atoms with E-state index in [1.165, 1.54) is 5.56 Å². The van der Waals surface area contributed by atoms with Crippen LogP contribution in [0.15, 0.2) is 36.9 Å². The van der Waals surface area contributed by atoms with Crippen LogP contribution in [0.2, 0.25) is 0 Å². The highest BCUT2D eigenvalue weighted by molar-refractivity contribution is 5.27. The lowest BCUT2D eigenvalue weighted by Crippen LogP contribution is -2.18. The average molecular weight is 235 g/mol. The summed E-state index contributed by atoms with van der Waals surface area (Å²) in [5, 5.41) is 3.30. The molecular weight excluding hydrogens is 214 g/mol. The van der Waals surface area contributed by atoms with Crippen LogP contribution >= 0.6 is 0 Å². The Labute approximate surface area is 103 Å². The monoisotopic (exact) mass is 235 g/mol. The summed E-state index contributed by atoms with van der Waals surface area (Å²) in [5.74, 6) is 0.910. The van der Waals surface area contributed by atoms with Crippen LogP contribution in [0.3, 0.4) is 0 Å². The summed E-state index contributed by atoms with van der Waals surface area (Å²) in [6, 6.07) is 8.14. The lowest BCUT2D eigenvalue weighted by atomic mass is 10.2. The summed E-state index contributed by atoms with van der Waals surface area (Å²) in [4.78, 5) is 0. The van der Waals surface area contributed by atoms with Crippen molar-refractivity contribution >= 4 is 0 Å². The molecule has 17 heavy (non-hydrogen) atoms. The smallest absolute Gasteiger partial charge is 0.119 e. The molecule has 0 aliphatic heterocycles. The van der Waals surface area contributed by atoms with E-state index in [1.54, 1.807) is 7.11 Å². The van der Waals surface area contributed by atoms with E-state index in [1.807, 2.05) is 18.2 Å². The van der Waals surface area contributed by atoms with Gasteiger partial charge >= 0.3 is 0 Å². The summed E-state index contributed by atoms with van der Waals surface area (Å²) < 4.78 is 10.5. The Morgan fingerprint density at radius 1 is 1.24 bits per heavy atom. The highest BCUT2D eigenvalue weighted by Gasteiger charge is 1.95. The molecule has 0 heterocycles. The Morgan fingerprint density at radius 2 is 2.00 bits per heavy atom. The normalized spacial score (nSPS) is 10.2. The van der Waals surface area contributed by atoms with Gasteiger partial charge in [-0.2, -0.15) is 0 Å². The Bertz CT molecular complexity index is 309. The fourth-order valence-electron chi connectivity index (χ4n) is 1.37. The van der Waals surface area contributed by atoms with Crippen LogP contribution in [0.1, 0.15) is 12.0 Å². The van der Waals surface area contributed by atoms with E-state index in [-0.39, 0.29) is 0 Å². The molecule has 0 unspecified atom stereocenters. The average Bonchev–Trinajstić information content (AvgIpc) is 2.37. The molecule has 1 aromatic rings. The molecule has 0 fully saturated rings. The van der Waals surface area contributed by atoms with Crippen molar-refractivity contribution in [3.8, 4) is 5.75 Å². The minimum atomic E-state index is 0.689. The predicted octanol–water partition coefficient (Wildman–Crippen LogP) is 2.38. The number of nitrogens with one attached hydrogen (secondary N) is 1. The number of ether oxygens (including phenoxy) is 2. The molecule has 0 aliphatic carbocycles. The Hall–Kier alpha value is -1.32. The molecule has 0 saturated carbocycles. The van der Waals surface area contributed by atoms with Crippen molar-refractivity contribution in [3.05, 3.63) is 42.5 Å². The van der Waals surface area contributed by atoms with Crippen molar-refractivity contribution in [2.75, 3.05) is 26.9 Å². The van der Waals surface area contributed by atoms with E-state index in [0.717, 1.165) is 31.9 Å². The fraction of sp³-hybridized carbons (Fsp3) is 0.429. The third kappa shape index (κ3) is 6.09. The molecule has 3 heteroatoms. The summed E-state index contributed by atoms with van der Waals surface area (Å²) in [7, 11) is 1.71. The molecule has 94 valence electrons. The molecule has 0 radical (unpaired) electrons. The van der Waals surface area contributed by atoms with Crippen LogP contribution in [0, 0.1) is 0 Å². The summed E-state index contributed by atoms with van der Waals surface area (Å²) in [6.45, 7) is 6.81. The molecule has 1 rings (SSSR count). The van der Waals surface area contributed by atoms with Crippen molar-refractivity contribution in [3.63, 3.8) is 0 Å². The van der Waals surface area contributed by atoms with Crippen molar-refractivity contribution in [2.24, 2.45) is 0 Å². The van der Waals surface area contributed by atoms with Gasteiger partial charge in [-0.1, -0.05) is 18.2 Å². The minimum Gasteiger partial charge on any atom is -0.493 e. The number of hydrogen-bond acceptors (Lipinski definition) is 3. The third-order valence-corrected chi connectivity index (χ3v) is 2.33. The van der Waals surface area contributed by atoms with Gasteiger partial charge in [0.15, 0.2) is 0 Å². The van der Waals surface area contributed by atoms with Crippen molar-refractivity contribution in [1.82, 2.24) is 5.32 Å². The molecule has 0 aliphatic rings. The quantitative estimate of drug-likeness (QED) is 0.526. The van der Waals surface area contributed by atoms with Crippen molar-refractivity contribution in [1.29, 1.82) is 0 Å². The number of benzene rings is 1. The van der Waals surface area contributed by atoms with Crippen LogP contribution in [-0.4, -0.2) is 26.9 Å². The molecule has 0 bridgehead atoms. The van der Waals surface area contributed by atoms with E-state index in [9.17, 15) is 0 Å². The summed E-state index contributed by atoms with van der Waals surface area (Å²) in [6.07, 6.45) is 2.73. The van der Waals surface area contributed by atoms with Gasteiger partial charge in [0.05, 0.1) is 13.2 Å². The van der Waals surface area contributed by atoms with Gasteiger partial charge in [0.25, 0.3) is 0 Å². The van der Waals surface area contributed by atoms with Gasteiger partial charge in [-0.05, 0) is 24.1 Å². The van der Waals surface area contributed by atoms with Gasteiger partial charge < -0.3 is 14.8 Å². The molecule has 0 amide bonds. The third-order valence-electron chi connectivity index (χ3n) is 2.33. The first-order valence-corrected chi connectivity index (χ1v) is 5.89. The van der Waals surface area contributed by atoms with Gasteiger partial charge in [-0.25, -0.2) is 0 Å². The van der Waals surface area contributed by atoms with Gasteiger partial charge in [0, 0.05) is 20.2 Å². The van der Waals surface area contributed by atoms with Crippen LogP contribution in [0.25, 0.3) is 0 Å². The van der Waals surface area contributed by atoms with E-state index >= 15 is 0 Å². The molecule has 0 saturated heterocycles. The van der Waals surface area contributed by atoms with E-state index in [2.05, 4.69) is 24.0 Å². The molecule has 1 aromatic carbocycles. The van der Waals surface area contributed by atoms with Gasteiger partial charge in [0.2, 0.25) is 0 Å². The highest BCUT2D eigenvalue weighted by Crippen LogP contribution is 2.12. The largest absolute Gasteiger partial charge is 0.493 e. The van der Waals surface area contributed by atoms with E-state index < -0.39 is 0 Å². The maximum absolute atomic E-state index is 5.53. The first-order valence-electron chi connectivity index (χ1n) is 5.89. The molecule has 3 nitrogen and oxygen atoms in total. The summed E-state index contributed by atoms with van der Waals surface area (Å²) >= 11 is 0. The van der Waals surface area contributed by atoms with Crippen molar-refractivity contribution in [2.45, 2.75) is 13.0 Å². The maximum atomic E-state index is 5.53. The first-order chi connectivity index (χ1) is 8.36. The molecule has 0 spiro atoms. The van der Waals surface area contributed by atoms with Crippen LogP contribution in [-0.2, 0) is 11.3 Å². The zero-order valence-electron chi connectivity index (χ0n) is 10.4. The molecule has 0 aromatic heterocycles. The predicted molar refractivity (Wildman–Crippen MR) is 70.3 cm³/mol. The lowest BCUT2D eigenvalue weighted by Gasteiger charge is -2.07. The maximum Gasteiger partial charge on any atom is 0.119 e. The molecule has 1 N–H and O–H groups in total. The SMILES string of the molecule is C=CCCOc1ccc(CNCCOC)cc1. The number of hydrogen-bond donors (Lipinski definition) is 1. The Balaban J connectivity index is 2.26. The van der Waals surface area contributed by atoms with Gasteiger partial charge in [0.1, 0.15) is 5.75 Å². The second-order valence-electron chi connectivity index (χ2n) is 3.74. The topological polar surface area (TPSA) is 30.5 Å². The standard InChI is InChI=1S/C14H21NO2/c1-3-4-10-17-14-7-5-13(6-8-14)12-15-9-11-16-2/h3,5-8,15H,1,4,9-12H2,2H3. The minimum absolute atomic E-state index is 0.689.